The van der Waals surface area contributed by atoms with E-state index in [4.69, 9.17) is 21.6 Å². The number of benzene rings is 1. The van der Waals surface area contributed by atoms with Gasteiger partial charge in [0.05, 0.1) is 13.7 Å². The van der Waals surface area contributed by atoms with Crippen molar-refractivity contribution in [1.29, 1.82) is 0 Å². The van der Waals surface area contributed by atoms with Crippen LogP contribution in [0.4, 0.5) is 0 Å². The van der Waals surface area contributed by atoms with Crippen LogP contribution >= 0.6 is 0 Å². The van der Waals surface area contributed by atoms with Gasteiger partial charge < -0.3 is 20.5 Å². The molecular formula is C14H18N2O3. The zero-order valence-electron chi connectivity index (χ0n) is 11.1. The molecule has 0 bridgehead atoms. The van der Waals surface area contributed by atoms with Crippen LogP contribution in [0.3, 0.4) is 0 Å². The van der Waals surface area contributed by atoms with Crippen molar-refractivity contribution in [1.82, 2.24) is 5.32 Å². The number of ether oxygens (including phenoxy) is 2. The number of rotatable bonds is 6. The Balaban J connectivity index is 2.80. The third kappa shape index (κ3) is 4.19. The van der Waals surface area contributed by atoms with E-state index in [9.17, 15) is 4.79 Å². The first-order valence-corrected chi connectivity index (χ1v) is 5.87. The minimum absolute atomic E-state index is 0.175. The van der Waals surface area contributed by atoms with Gasteiger partial charge in [-0.2, -0.15) is 0 Å². The highest BCUT2D eigenvalue weighted by atomic mass is 16.5. The Morgan fingerprint density at radius 1 is 1.58 bits per heavy atom. The van der Waals surface area contributed by atoms with E-state index in [0.717, 1.165) is 5.56 Å². The first-order chi connectivity index (χ1) is 9.12. The van der Waals surface area contributed by atoms with Gasteiger partial charge in [-0.05, 0) is 13.0 Å². The standard InChI is InChI=1S/C14H18N2O3/c1-4-7-16-14(17)10(2)19-13-8-12(18-3)6-5-11(13)9-15/h1,5-6,8,10H,7,9,15H2,2-3H3,(H,16,17). The average molecular weight is 262 g/mol. The summed E-state index contributed by atoms with van der Waals surface area (Å²) in [6.45, 7) is 2.14. The summed E-state index contributed by atoms with van der Waals surface area (Å²) in [4.78, 5) is 11.7. The molecule has 1 amide bonds. The second kappa shape index (κ2) is 7.29. The van der Waals surface area contributed by atoms with Gasteiger partial charge in [0.15, 0.2) is 6.10 Å². The smallest absolute Gasteiger partial charge is 0.261 e. The lowest BCUT2D eigenvalue weighted by atomic mass is 10.2. The van der Waals surface area contributed by atoms with Gasteiger partial charge in [-0.15, -0.1) is 6.42 Å². The molecule has 3 N–H and O–H groups in total. The molecule has 19 heavy (non-hydrogen) atoms. The van der Waals surface area contributed by atoms with Crippen LogP contribution in [0.25, 0.3) is 0 Å². The zero-order valence-corrected chi connectivity index (χ0v) is 11.1. The minimum atomic E-state index is -0.661. The Kier molecular flexibility index (Phi) is 5.71. The Labute approximate surface area is 113 Å². The molecule has 1 atom stereocenters. The summed E-state index contributed by atoms with van der Waals surface area (Å²) in [5, 5.41) is 2.56. The van der Waals surface area contributed by atoms with Crippen LogP contribution in [0.1, 0.15) is 12.5 Å². The fraction of sp³-hybridized carbons (Fsp3) is 0.357. The molecule has 5 nitrogen and oxygen atoms in total. The summed E-state index contributed by atoms with van der Waals surface area (Å²) in [6, 6.07) is 5.30. The number of nitrogens with one attached hydrogen (secondary N) is 1. The molecule has 5 heteroatoms. The molecule has 0 saturated carbocycles. The molecule has 102 valence electrons. The monoisotopic (exact) mass is 262 g/mol. The number of carbonyl (C=O) groups is 1. The van der Waals surface area contributed by atoms with Crippen LogP contribution in [-0.4, -0.2) is 25.7 Å². The Hall–Kier alpha value is -2.19. The summed E-state index contributed by atoms with van der Waals surface area (Å²) in [5.41, 5.74) is 6.43. The Bertz CT molecular complexity index is 480. The molecule has 0 saturated heterocycles. The normalized spacial score (nSPS) is 11.3. The van der Waals surface area contributed by atoms with E-state index in [0.29, 0.717) is 18.0 Å². The summed E-state index contributed by atoms with van der Waals surface area (Å²) >= 11 is 0. The maximum atomic E-state index is 11.7. The van der Waals surface area contributed by atoms with Crippen molar-refractivity contribution in [2.45, 2.75) is 19.6 Å². The molecule has 0 fully saturated rings. The van der Waals surface area contributed by atoms with Gasteiger partial charge in [0.25, 0.3) is 5.91 Å². The predicted octanol–water partition coefficient (Wildman–Crippen LogP) is 0.671. The molecule has 1 unspecified atom stereocenters. The molecule has 1 aromatic rings. The van der Waals surface area contributed by atoms with E-state index in [2.05, 4.69) is 11.2 Å². The van der Waals surface area contributed by atoms with Crippen molar-refractivity contribution >= 4 is 5.91 Å². The molecule has 1 rings (SSSR count). The van der Waals surface area contributed by atoms with Crippen LogP contribution in [-0.2, 0) is 11.3 Å². The van der Waals surface area contributed by atoms with Crippen molar-refractivity contribution in [3.63, 3.8) is 0 Å². The maximum Gasteiger partial charge on any atom is 0.261 e. The van der Waals surface area contributed by atoms with E-state index >= 15 is 0 Å². The minimum Gasteiger partial charge on any atom is -0.497 e. The summed E-state index contributed by atoms with van der Waals surface area (Å²) < 4.78 is 10.7. The highest BCUT2D eigenvalue weighted by Gasteiger charge is 2.15. The molecular weight excluding hydrogens is 244 g/mol. The van der Waals surface area contributed by atoms with Gasteiger partial charge in [0.2, 0.25) is 0 Å². The second-order valence-corrected chi connectivity index (χ2v) is 3.86. The summed E-state index contributed by atoms with van der Waals surface area (Å²) in [6.07, 6.45) is 4.41. The molecule has 0 spiro atoms. The van der Waals surface area contributed by atoms with Crippen molar-refractivity contribution in [3.8, 4) is 23.8 Å². The largest absolute Gasteiger partial charge is 0.497 e. The molecule has 0 radical (unpaired) electrons. The van der Waals surface area contributed by atoms with Crippen LogP contribution < -0.4 is 20.5 Å². The number of methoxy groups -OCH3 is 1. The lowest BCUT2D eigenvalue weighted by Crippen LogP contribution is -2.36. The molecule has 0 aliphatic carbocycles. The lowest BCUT2D eigenvalue weighted by Gasteiger charge is -2.17. The lowest BCUT2D eigenvalue weighted by molar-refractivity contribution is -0.127. The van der Waals surface area contributed by atoms with Crippen molar-refractivity contribution < 1.29 is 14.3 Å². The average Bonchev–Trinajstić information content (AvgIpc) is 2.44. The van der Waals surface area contributed by atoms with E-state index < -0.39 is 6.10 Å². The SMILES string of the molecule is C#CCNC(=O)C(C)Oc1cc(OC)ccc1CN. The summed E-state index contributed by atoms with van der Waals surface area (Å²) in [5.74, 6) is 3.23. The number of amides is 1. The highest BCUT2D eigenvalue weighted by molar-refractivity contribution is 5.81. The van der Waals surface area contributed by atoms with Gasteiger partial charge >= 0.3 is 0 Å². The predicted molar refractivity (Wildman–Crippen MR) is 72.8 cm³/mol. The van der Waals surface area contributed by atoms with Crippen molar-refractivity contribution in [2.24, 2.45) is 5.73 Å². The number of terminal acetylenes is 1. The maximum absolute atomic E-state index is 11.7. The van der Waals surface area contributed by atoms with Gasteiger partial charge in [-0.25, -0.2) is 0 Å². The van der Waals surface area contributed by atoms with Gasteiger partial charge in [0.1, 0.15) is 11.5 Å². The van der Waals surface area contributed by atoms with E-state index in [-0.39, 0.29) is 12.5 Å². The Morgan fingerprint density at radius 2 is 2.32 bits per heavy atom. The molecule has 1 aromatic carbocycles. The zero-order chi connectivity index (χ0) is 14.3. The van der Waals surface area contributed by atoms with Crippen molar-refractivity contribution in [3.05, 3.63) is 23.8 Å². The van der Waals surface area contributed by atoms with Crippen LogP contribution in [0.2, 0.25) is 0 Å². The first-order valence-electron chi connectivity index (χ1n) is 5.87. The fourth-order valence-corrected chi connectivity index (χ4v) is 1.47. The number of nitrogens with two attached hydrogens (primary N) is 1. The third-order valence-electron chi connectivity index (χ3n) is 2.53. The van der Waals surface area contributed by atoms with Crippen LogP contribution in [0.15, 0.2) is 18.2 Å². The van der Waals surface area contributed by atoms with Gasteiger partial charge in [0, 0.05) is 18.2 Å². The number of carbonyl (C=O) groups excluding carboxylic acids is 1. The van der Waals surface area contributed by atoms with Gasteiger partial charge in [-0.3, -0.25) is 4.79 Å². The number of hydrogen-bond donors (Lipinski definition) is 2. The van der Waals surface area contributed by atoms with Crippen LogP contribution in [0.5, 0.6) is 11.5 Å². The van der Waals surface area contributed by atoms with E-state index in [1.807, 2.05) is 0 Å². The molecule has 0 aliphatic heterocycles. The highest BCUT2D eigenvalue weighted by Crippen LogP contribution is 2.25. The second-order valence-electron chi connectivity index (χ2n) is 3.86. The van der Waals surface area contributed by atoms with Crippen LogP contribution in [0, 0.1) is 12.3 Å². The quantitative estimate of drug-likeness (QED) is 0.739. The topological polar surface area (TPSA) is 73.6 Å². The van der Waals surface area contributed by atoms with E-state index in [1.165, 1.54) is 0 Å². The van der Waals surface area contributed by atoms with E-state index in [1.54, 1.807) is 32.2 Å². The third-order valence-corrected chi connectivity index (χ3v) is 2.53. The van der Waals surface area contributed by atoms with Gasteiger partial charge in [-0.1, -0.05) is 12.0 Å². The van der Waals surface area contributed by atoms with Crippen molar-refractivity contribution in [2.75, 3.05) is 13.7 Å². The first kappa shape index (κ1) is 14.9. The number of hydrogen-bond acceptors (Lipinski definition) is 4. The fourth-order valence-electron chi connectivity index (χ4n) is 1.47. The molecule has 0 aromatic heterocycles. The summed E-state index contributed by atoms with van der Waals surface area (Å²) in [7, 11) is 1.56. The molecule has 0 aliphatic rings. The molecule has 0 heterocycles. The Morgan fingerprint density at radius 3 is 2.89 bits per heavy atom.